The topological polar surface area (TPSA) is 67.0 Å². The van der Waals surface area contributed by atoms with Crippen LogP contribution < -0.4 is 10.2 Å². The van der Waals surface area contributed by atoms with Crippen LogP contribution in [-0.2, 0) is 11.2 Å². The Hall–Kier alpha value is -1.58. The Balaban J connectivity index is 1.44. The number of H-pyrrole nitrogens is 1. The number of benzene rings is 2. The summed E-state index contributed by atoms with van der Waals surface area (Å²) in [6.07, 6.45) is 2.71. The molecule has 1 saturated heterocycles. The van der Waals surface area contributed by atoms with Gasteiger partial charge >= 0.3 is 0 Å². The summed E-state index contributed by atoms with van der Waals surface area (Å²) in [7, 11) is 1.91. The van der Waals surface area contributed by atoms with Crippen molar-refractivity contribution in [2.24, 2.45) is 5.92 Å². The van der Waals surface area contributed by atoms with Gasteiger partial charge in [-0.2, -0.15) is 0 Å². The smallest absolute Gasteiger partial charge is 0.251 e. The molecule has 36 heavy (non-hydrogen) atoms. The fraction of sp³-hybridized carbons (Fsp3) is 0.500. The van der Waals surface area contributed by atoms with Crippen LogP contribution in [0.1, 0.15) is 49.4 Å². The second-order valence-electron chi connectivity index (χ2n) is 9.85. The number of rotatable bonds is 9. The van der Waals surface area contributed by atoms with Gasteiger partial charge in [-0.05, 0) is 67.8 Å². The van der Waals surface area contributed by atoms with Crippen molar-refractivity contribution in [2.75, 3.05) is 37.3 Å². The molecule has 5 rings (SSSR count). The van der Waals surface area contributed by atoms with E-state index in [2.05, 4.69) is 10.3 Å². The summed E-state index contributed by atoms with van der Waals surface area (Å²) in [5.74, 6) is -0.591. The summed E-state index contributed by atoms with van der Waals surface area (Å²) in [5.41, 5.74) is 2.94. The number of aromatic amines is 1. The average molecular weight is 556 g/mol. The van der Waals surface area contributed by atoms with E-state index >= 15 is 0 Å². The van der Waals surface area contributed by atoms with Gasteiger partial charge in [0.05, 0.1) is 26.8 Å². The molecule has 3 aromatic rings. The van der Waals surface area contributed by atoms with Gasteiger partial charge in [-0.15, -0.1) is 0 Å². The number of fused-ring (bicyclic) bond motifs is 1. The fourth-order valence-corrected chi connectivity index (χ4v) is 6.92. The van der Waals surface area contributed by atoms with Crippen LogP contribution in [0.3, 0.4) is 0 Å². The minimum absolute atomic E-state index is 0.0391. The molecule has 0 bridgehead atoms. The maximum absolute atomic E-state index is 13.7. The maximum Gasteiger partial charge on any atom is 0.251 e. The van der Waals surface area contributed by atoms with Crippen LogP contribution in [0.15, 0.2) is 35.2 Å². The van der Waals surface area contributed by atoms with E-state index in [1.165, 1.54) is 12.8 Å². The molecule has 1 saturated carbocycles. The van der Waals surface area contributed by atoms with Crippen LogP contribution in [0.2, 0.25) is 10.0 Å². The van der Waals surface area contributed by atoms with Gasteiger partial charge in [0.15, 0.2) is 4.90 Å². The second-order valence-corrected chi connectivity index (χ2v) is 12.1. The first-order valence-corrected chi connectivity index (χ1v) is 14.5. The van der Waals surface area contributed by atoms with Crippen molar-refractivity contribution in [2.45, 2.75) is 48.8 Å². The predicted octanol–water partition coefficient (Wildman–Crippen LogP) is 6.36. The lowest BCUT2D eigenvalue weighted by Crippen LogP contribution is -2.39. The molecular formula is C26H30Cl2F2N4OS. The van der Waals surface area contributed by atoms with Crippen molar-refractivity contribution in [3.8, 4) is 0 Å². The Morgan fingerprint density at radius 1 is 1.22 bits per heavy atom. The summed E-state index contributed by atoms with van der Waals surface area (Å²) in [5, 5.41) is 4.01. The summed E-state index contributed by atoms with van der Waals surface area (Å²) in [6.45, 7) is 1.16. The zero-order chi connectivity index (χ0) is 25.4. The summed E-state index contributed by atoms with van der Waals surface area (Å²) in [4.78, 5) is 10.9. The number of hydrogen-bond acceptors (Lipinski definition) is 4. The third-order valence-electron chi connectivity index (χ3n) is 7.12. The van der Waals surface area contributed by atoms with E-state index in [-0.39, 0.29) is 31.8 Å². The molecule has 0 amide bonds. The SMILES string of the molecule is CNCCC(c1ccc([S+]([O-])CC2CC2)cc1)c1nc2cc(Cl)c(N3CCC(F)(F)CC3)c(Cl)c2[nH]1. The first-order valence-electron chi connectivity index (χ1n) is 12.4. The van der Waals surface area contributed by atoms with Crippen LogP contribution >= 0.6 is 23.2 Å². The van der Waals surface area contributed by atoms with Crippen molar-refractivity contribution in [3.63, 3.8) is 0 Å². The molecule has 1 aliphatic heterocycles. The number of piperidine rings is 1. The van der Waals surface area contributed by atoms with Gasteiger partial charge in [-0.3, -0.25) is 0 Å². The first kappa shape index (κ1) is 26.0. The lowest BCUT2D eigenvalue weighted by atomic mass is 9.95. The number of nitrogens with zero attached hydrogens (tertiary/aromatic N) is 2. The van der Waals surface area contributed by atoms with Crippen molar-refractivity contribution >= 4 is 51.1 Å². The fourth-order valence-electron chi connectivity index (χ4n) is 4.80. The van der Waals surface area contributed by atoms with E-state index in [9.17, 15) is 13.3 Å². The summed E-state index contributed by atoms with van der Waals surface area (Å²) in [6, 6.07) is 9.72. The molecule has 0 spiro atoms. The standard InChI is InChI=1S/C26H30Cl2F2N4OS/c1-31-11-8-19(17-4-6-18(7-5-17)36(35)15-16-2-3-16)25-32-21-14-20(27)24(22(28)23(21)33-25)34-12-9-26(29,30)10-13-34/h4-7,14,16,19,31H,2-3,8-13,15H2,1H3,(H,32,33). The van der Waals surface area contributed by atoms with Crippen molar-refractivity contribution in [1.29, 1.82) is 0 Å². The molecule has 2 N–H and O–H groups in total. The minimum Gasteiger partial charge on any atom is -0.611 e. The number of hydrogen-bond donors (Lipinski definition) is 2. The van der Waals surface area contributed by atoms with Gasteiger partial charge in [-0.1, -0.05) is 35.3 Å². The first-order chi connectivity index (χ1) is 17.3. The van der Waals surface area contributed by atoms with Crippen LogP contribution in [0, 0.1) is 5.92 Å². The van der Waals surface area contributed by atoms with Gasteiger partial charge in [0, 0.05) is 37.8 Å². The molecule has 10 heteroatoms. The lowest BCUT2D eigenvalue weighted by molar-refractivity contribution is -0.0220. The third kappa shape index (κ3) is 5.63. The van der Waals surface area contributed by atoms with E-state index in [1.54, 1.807) is 6.07 Å². The highest BCUT2D eigenvalue weighted by atomic mass is 35.5. The number of alkyl halides is 2. The lowest BCUT2D eigenvalue weighted by Gasteiger charge is -2.34. The molecular weight excluding hydrogens is 525 g/mol. The molecule has 2 heterocycles. The monoisotopic (exact) mass is 554 g/mol. The second kappa shape index (κ2) is 10.7. The van der Waals surface area contributed by atoms with Crippen LogP contribution in [0.5, 0.6) is 0 Å². The van der Waals surface area contributed by atoms with E-state index in [0.29, 0.717) is 32.7 Å². The molecule has 2 aromatic carbocycles. The molecule has 2 unspecified atom stereocenters. The Bertz CT molecular complexity index is 1210. The van der Waals surface area contributed by atoms with Gasteiger partial charge in [0.1, 0.15) is 11.6 Å². The molecule has 2 fully saturated rings. The number of nitrogens with one attached hydrogen (secondary N) is 2. The third-order valence-corrected chi connectivity index (χ3v) is 9.35. The molecule has 194 valence electrons. The molecule has 1 aromatic heterocycles. The highest BCUT2D eigenvalue weighted by Crippen LogP contribution is 2.42. The zero-order valence-corrected chi connectivity index (χ0v) is 22.5. The summed E-state index contributed by atoms with van der Waals surface area (Å²) >= 11 is 12.4. The number of halogens is 4. The van der Waals surface area contributed by atoms with Crippen LogP contribution in [0.25, 0.3) is 11.0 Å². The normalized spacial score (nSPS) is 19.6. The zero-order valence-electron chi connectivity index (χ0n) is 20.1. The van der Waals surface area contributed by atoms with Crippen LogP contribution in [-0.4, -0.2) is 52.9 Å². The number of imidazole rings is 1. The highest BCUT2D eigenvalue weighted by Gasteiger charge is 2.35. The van der Waals surface area contributed by atoms with Gasteiger partial charge in [0.2, 0.25) is 0 Å². The van der Waals surface area contributed by atoms with Gasteiger partial charge < -0.3 is 19.8 Å². The van der Waals surface area contributed by atoms with E-state index < -0.39 is 17.1 Å². The molecule has 5 nitrogen and oxygen atoms in total. The Morgan fingerprint density at radius 3 is 2.56 bits per heavy atom. The minimum atomic E-state index is -2.65. The van der Waals surface area contributed by atoms with Crippen molar-refractivity contribution < 1.29 is 13.3 Å². The van der Waals surface area contributed by atoms with Gasteiger partial charge in [0.25, 0.3) is 5.92 Å². The van der Waals surface area contributed by atoms with E-state index in [1.807, 2.05) is 36.2 Å². The predicted molar refractivity (Wildman–Crippen MR) is 143 cm³/mol. The molecule has 2 aliphatic rings. The number of aromatic nitrogens is 2. The molecule has 0 radical (unpaired) electrons. The maximum atomic E-state index is 13.7. The Kier molecular flexibility index (Phi) is 7.71. The quantitative estimate of drug-likeness (QED) is 0.302. The molecule has 1 aliphatic carbocycles. The highest BCUT2D eigenvalue weighted by molar-refractivity contribution is 7.91. The van der Waals surface area contributed by atoms with E-state index in [0.717, 1.165) is 35.0 Å². The van der Waals surface area contributed by atoms with Crippen molar-refractivity contribution in [1.82, 2.24) is 15.3 Å². The average Bonchev–Trinajstić information content (AvgIpc) is 3.57. The van der Waals surface area contributed by atoms with Crippen molar-refractivity contribution in [3.05, 3.63) is 51.8 Å². The van der Waals surface area contributed by atoms with E-state index in [4.69, 9.17) is 28.2 Å². The number of anilines is 1. The summed E-state index contributed by atoms with van der Waals surface area (Å²) < 4.78 is 40.0. The molecule has 2 atom stereocenters. The van der Waals surface area contributed by atoms with Crippen LogP contribution in [0.4, 0.5) is 14.5 Å². The largest absolute Gasteiger partial charge is 0.611 e. The Morgan fingerprint density at radius 2 is 1.92 bits per heavy atom. The Labute approximate surface area is 223 Å². The van der Waals surface area contributed by atoms with Gasteiger partial charge in [-0.25, -0.2) is 13.8 Å².